The number of hydrogen-bond donors (Lipinski definition) is 0. The quantitative estimate of drug-likeness (QED) is 0.790. The molecule has 1 aromatic heterocycles. The minimum atomic E-state index is -0.210. The lowest BCUT2D eigenvalue weighted by molar-refractivity contribution is 0.414. The van der Waals surface area contributed by atoms with E-state index in [9.17, 15) is 4.79 Å². The van der Waals surface area contributed by atoms with Crippen molar-refractivity contribution in [3.8, 4) is 11.4 Å². The third-order valence-electron chi connectivity index (χ3n) is 2.87. The first-order valence-electron chi connectivity index (χ1n) is 6.31. The number of thiocarbonyl (C=S) groups is 1. The van der Waals surface area contributed by atoms with Gasteiger partial charge in [0.2, 0.25) is 0 Å². The highest BCUT2D eigenvalue weighted by molar-refractivity contribution is 8.23. The number of ether oxygens (including phenoxy) is 1. The normalized spacial score (nSPS) is 10.4. The van der Waals surface area contributed by atoms with Gasteiger partial charge in [0.1, 0.15) is 5.75 Å². The van der Waals surface area contributed by atoms with E-state index >= 15 is 0 Å². The van der Waals surface area contributed by atoms with Crippen molar-refractivity contribution in [2.45, 2.75) is 6.92 Å². The SMILES string of the molecule is CCSC(=S)c1c(Cl)ccn(-c2ccc(OC)cc2)c1=O. The van der Waals surface area contributed by atoms with Crippen LogP contribution in [0.15, 0.2) is 41.3 Å². The van der Waals surface area contributed by atoms with E-state index < -0.39 is 0 Å². The molecule has 0 bridgehead atoms. The summed E-state index contributed by atoms with van der Waals surface area (Å²) in [6, 6.07) is 8.91. The third kappa shape index (κ3) is 3.48. The second-order valence-corrected chi connectivity index (χ2v) is 6.48. The van der Waals surface area contributed by atoms with E-state index in [4.69, 9.17) is 28.6 Å². The third-order valence-corrected chi connectivity index (χ3v) is 4.50. The highest BCUT2D eigenvalue weighted by Crippen LogP contribution is 2.20. The van der Waals surface area contributed by atoms with Gasteiger partial charge in [0, 0.05) is 11.9 Å². The van der Waals surface area contributed by atoms with Crippen LogP contribution in [0, 0.1) is 0 Å². The second kappa shape index (κ2) is 7.11. The lowest BCUT2D eigenvalue weighted by atomic mass is 10.2. The molecule has 0 saturated carbocycles. The molecule has 110 valence electrons. The molecular weight excluding hydrogens is 326 g/mol. The number of hydrogen-bond acceptors (Lipinski definition) is 4. The van der Waals surface area contributed by atoms with E-state index in [1.165, 1.54) is 16.3 Å². The largest absolute Gasteiger partial charge is 0.497 e. The number of methoxy groups -OCH3 is 1. The summed E-state index contributed by atoms with van der Waals surface area (Å²) in [5.41, 5.74) is 0.915. The first-order chi connectivity index (χ1) is 10.1. The molecule has 6 heteroatoms. The summed E-state index contributed by atoms with van der Waals surface area (Å²) < 4.78 is 7.17. The van der Waals surface area contributed by atoms with Crippen LogP contribution in [-0.4, -0.2) is 21.6 Å². The van der Waals surface area contributed by atoms with Gasteiger partial charge in [0.05, 0.1) is 21.9 Å². The molecule has 2 rings (SSSR count). The predicted molar refractivity (Wildman–Crippen MR) is 93.4 cm³/mol. The molecule has 0 spiro atoms. The van der Waals surface area contributed by atoms with Gasteiger partial charge in [-0.15, -0.1) is 11.8 Å². The van der Waals surface area contributed by atoms with Crippen LogP contribution >= 0.6 is 35.6 Å². The minimum Gasteiger partial charge on any atom is -0.497 e. The number of halogens is 1. The molecule has 0 radical (unpaired) electrons. The molecular formula is C15H14ClNO2S2. The maximum Gasteiger partial charge on any atom is 0.265 e. The Morgan fingerprint density at radius 2 is 2.00 bits per heavy atom. The molecule has 0 N–H and O–H groups in total. The van der Waals surface area contributed by atoms with Gasteiger partial charge in [0.25, 0.3) is 5.56 Å². The molecule has 0 saturated heterocycles. The molecule has 0 atom stereocenters. The standard InChI is InChI=1S/C15H14ClNO2S2/c1-3-21-15(20)13-12(16)8-9-17(14(13)18)10-4-6-11(19-2)7-5-10/h4-9H,3H2,1-2H3. The molecule has 0 unspecified atom stereocenters. The predicted octanol–water partition coefficient (Wildman–Crippen LogP) is 3.93. The van der Waals surface area contributed by atoms with Crippen molar-refractivity contribution in [2.75, 3.05) is 12.9 Å². The number of benzene rings is 1. The zero-order valence-electron chi connectivity index (χ0n) is 11.6. The Bertz CT molecular complexity index is 711. The fourth-order valence-corrected chi connectivity index (χ4v) is 3.35. The van der Waals surface area contributed by atoms with Crippen LogP contribution in [0.1, 0.15) is 12.5 Å². The van der Waals surface area contributed by atoms with Gasteiger partial charge in [-0.3, -0.25) is 9.36 Å². The van der Waals surface area contributed by atoms with E-state index in [-0.39, 0.29) is 5.56 Å². The minimum absolute atomic E-state index is 0.210. The Balaban J connectivity index is 2.52. The summed E-state index contributed by atoms with van der Waals surface area (Å²) in [7, 11) is 1.60. The molecule has 2 aromatic rings. The molecule has 0 aliphatic heterocycles. The lowest BCUT2D eigenvalue weighted by Crippen LogP contribution is -2.24. The van der Waals surface area contributed by atoms with Crippen LogP contribution in [0.4, 0.5) is 0 Å². The fourth-order valence-electron chi connectivity index (χ4n) is 1.85. The summed E-state index contributed by atoms with van der Waals surface area (Å²) in [5.74, 6) is 1.53. The van der Waals surface area contributed by atoms with Crippen LogP contribution in [0.5, 0.6) is 5.75 Å². The number of pyridine rings is 1. The molecule has 0 fully saturated rings. The van der Waals surface area contributed by atoms with Crippen molar-refractivity contribution < 1.29 is 4.74 Å². The molecule has 21 heavy (non-hydrogen) atoms. The molecule has 0 aliphatic rings. The van der Waals surface area contributed by atoms with E-state index in [1.807, 2.05) is 19.1 Å². The van der Waals surface area contributed by atoms with Crippen LogP contribution in [0.2, 0.25) is 5.02 Å². The van der Waals surface area contributed by atoms with Gasteiger partial charge in [-0.1, -0.05) is 30.7 Å². The van der Waals surface area contributed by atoms with Gasteiger partial charge >= 0.3 is 0 Å². The summed E-state index contributed by atoms with van der Waals surface area (Å²) in [4.78, 5) is 12.6. The Morgan fingerprint density at radius 1 is 1.33 bits per heavy atom. The number of thioether (sulfide) groups is 1. The van der Waals surface area contributed by atoms with Crippen molar-refractivity contribution in [3.63, 3.8) is 0 Å². The molecule has 1 heterocycles. The second-order valence-electron chi connectivity index (χ2n) is 4.13. The van der Waals surface area contributed by atoms with Crippen molar-refractivity contribution >= 4 is 39.8 Å². The smallest absolute Gasteiger partial charge is 0.265 e. The Labute approximate surface area is 137 Å². The molecule has 1 aromatic carbocycles. The average molecular weight is 340 g/mol. The topological polar surface area (TPSA) is 31.2 Å². The van der Waals surface area contributed by atoms with Crippen LogP contribution in [0.25, 0.3) is 5.69 Å². The molecule has 0 amide bonds. The van der Waals surface area contributed by atoms with Gasteiger partial charge in [-0.2, -0.15) is 0 Å². The lowest BCUT2D eigenvalue weighted by Gasteiger charge is -2.10. The molecule has 3 nitrogen and oxygen atoms in total. The highest BCUT2D eigenvalue weighted by Gasteiger charge is 2.14. The van der Waals surface area contributed by atoms with E-state index in [1.54, 1.807) is 31.5 Å². The maximum atomic E-state index is 12.6. The van der Waals surface area contributed by atoms with Gasteiger partial charge in [-0.25, -0.2) is 0 Å². The van der Waals surface area contributed by atoms with E-state index in [2.05, 4.69) is 0 Å². The van der Waals surface area contributed by atoms with Crippen molar-refractivity contribution in [1.29, 1.82) is 0 Å². The zero-order chi connectivity index (χ0) is 15.4. The fraction of sp³-hybridized carbons (Fsp3) is 0.200. The number of rotatable bonds is 4. The maximum absolute atomic E-state index is 12.6. The Morgan fingerprint density at radius 3 is 2.57 bits per heavy atom. The van der Waals surface area contributed by atoms with Crippen molar-refractivity contribution in [3.05, 3.63) is 57.5 Å². The summed E-state index contributed by atoms with van der Waals surface area (Å²) in [6.07, 6.45) is 1.65. The monoisotopic (exact) mass is 339 g/mol. The zero-order valence-corrected chi connectivity index (χ0v) is 14.0. The number of aromatic nitrogens is 1. The first kappa shape index (κ1) is 16.1. The van der Waals surface area contributed by atoms with Gasteiger partial charge < -0.3 is 4.74 Å². The Hall–Kier alpha value is -1.30. The first-order valence-corrected chi connectivity index (χ1v) is 8.08. The highest BCUT2D eigenvalue weighted by atomic mass is 35.5. The summed E-state index contributed by atoms with van der Waals surface area (Å²) in [5, 5.41) is 0.385. The summed E-state index contributed by atoms with van der Waals surface area (Å²) in [6.45, 7) is 1.98. The van der Waals surface area contributed by atoms with Gasteiger partial charge in [-0.05, 0) is 36.1 Å². The molecule has 0 aliphatic carbocycles. The van der Waals surface area contributed by atoms with Gasteiger partial charge in [0.15, 0.2) is 0 Å². The van der Waals surface area contributed by atoms with E-state index in [0.717, 1.165) is 17.2 Å². The Kier molecular flexibility index (Phi) is 5.45. The van der Waals surface area contributed by atoms with Crippen molar-refractivity contribution in [2.24, 2.45) is 0 Å². The van der Waals surface area contributed by atoms with Crippen LogP contribution in [-0.2, 0) is 0 Å². The van der Waals surface area contributed by atoms with Crippen LogP contribution in [0.3, 0.4) is 0 Å². The summed E-state index contributed by atoms with van der Waals surface area (Å²) >= 11 is 12.9. The van der Waals surface area contributed by atoms with Crippen molar-refractivity contribution in [1.82, 2.24) is 4.57 Å². The van der Waals surface area contributed by atoms with E-state index in [0.29, 0.717) is 14.8 Å². The van der Waals surface area contributed by atoms with Crippen LogP contribution < -0.4 is 10.3 Å². The average Bonchev–Trinajstić information content (AvgIpc) is 2.48. The number of nitrogens with zero attached hydrogens (tertiary/aromatic N) is 1.